The quantitative estimate of drug-likeness (QED) is 0.566. The number of amides is 4. The van der Waals surface area contributed by atoms with E-state index in [-0.39, 0.29) is 42.7 Å². The average molecular weight is 475 g/mol. The monoisotopic (exact) mass is 474 g/mol. The molecular formula is C21H20ClFN6O4. The average Bonchev–Trinajstić information content (AvgIpc) is 3.38. The van der Waals surface area contributed by atoms with Gasteiger partial charge in [-0.2, -0.15) is 5.10 Å². The van der Waals surface area contributed by atoms with Crippen molar-refractivity contribution in [1.29, 1.82) is 0 Å². The lowest BCUT2D eigenvalue weighted by Crippen LogP contribution is -2.39. The van der Waals surface area contributed by atoms with Gasteiger partial charge in [0.2, 0.25) is 0 Å². The van der Waals surface area contributed by atoms with Crippen molar-refractivity contribution < 1.29 is 23.8 Å². The third-order valence-corrected chi connectivity index (χ3v) is 5.23. The van der Waals surface area contributed by atoms with E-state index in [1.807, 2.05) is 0 Å². The number of aryl methyl sites for hydroxylation is 1. The molecule has 2 aromatic heterocycles. The molecular weight excluding hydrogens is 455 g/mol. The Hall–Kier alpha value is -3.70. The van der Waals surface area contributed by atoms with Crippen molar-refractivity contribution in [1.82, 2.24) is 24.6 Å². The molecule has 2 N–H and O–H groups in total. The third-order valence-electron chi connectivity index (χ3n) is 4.93. The summed E-state index contributed by atoms with van der Waals surface area (Å²) in [5.74, 6) is -0.362. The van der Waals surface area contributed by atoms with Crippen LogP contribution in [0.5, 0.6) is 11.5 Å². The number of aliphatic hydroxyl groups is 1. The number of nitrogens with one attached hydrogen (secondary N) is 1. The van der Waals surface area contributed by atoms with E-state index in [9.17, 15) is 14.0 Å². The summed E-state index contributed by atoms with van der Waals surface area (Å²) in [5.41, 5.74) is 1.20. The Kier molecular flexibility index (Phi) is 6.43. The zero-order valence-electron chi connectivity index (χ0n) is 17.5. The summed E-state index contributed by atoms with van der Waals surface area (Å²) >= 11 is 6.26. The largest absolute Gasteiger partial charge is 0.456 e. The number of aromatic nitrogens is 3. The molecule has 0 bridgehead atoms. The number of pyridine rings is 1. The summed E-state index contributed by atoms with van der Waals surface area (Å²) in [4.78, 5) is 31.2. The van der Waals surface area contributed by atoms with Crippen LogP contribution in [0.3, 0.4) is 0 Å². The molecule has 12 heteroatoms. The second-order valence-corrected chi connectivity index (χ2v) is 7.63. The fourth-order valence-electron chi connectivity index (χ4n) is 3.30. The molecule has 172 valence electrons. The number of aliphatic hydroxyl groups excluding tert-OH is 1. The molecule has 3 aromatic rings. The summed E-state index contributed by atoms with van der Waals surface area (Å²) < 4.78 is 22.1. The van der Waals surface area contributed by atoms with Gasteiger partial charge in [-0.15, -0.1) is 0 Å². The maximum Gasteiger partial charge on any atom is 0.330 e. The lowest BCUT2D eigenvalue weighted by Gasteiger charge is -2.18. The number of rotatable bonds is 6. The minimum absolute atomic E-state index is 0.0434. The molecule has 10 nitrogen and oxygen atoms in total. The Balaban J connectivity index is 1.48. The second-order valence-electron chi connectivity index (χ2n) is 7.22. The van der Waals surface area contributed by atoms with Gasteiger partial charge in [0.25, 0.3) is 0 Å². The molecule has 0 saturated carbocycles. The third kappa shape index (κ3) is 4.89. The molecule has 0 unspecified atom stereocenters. The number of nitrogens with zero attached hydrogens (tertiary/aromatic N) is 5. The Morgan fingerprint density at radius 2 is 2.15 bits per heavy atom. The van der Waals surface area contributed by atoms with Crippen LogP contribution in [-0.2, 0) is 7.05 Å². The number of hydrogen-bond acceptors (Lipinski definition) is 6. The van der Waals surface area contributed by atoms with E-state index >= 15 is 0 Å². The summed E-state index contributed by atoms with van der Waals surface area (Å²) in [7, 11) is 1.79. The van der Waals surface area contributed by atoms with Crippen LogP contribution < -0.4 is 10.1 Å². The number of benzene rings is 1. The van der Waals surface area contributed by atoms with Crippen LogP contribution in [0.4, 0.5) is 19.7 Å². The predicted molar refractivity (Wildman–Crippen MR) is 118 cm³/mol. The Morgan fingerprint density at radius 3 is 2.88 bits per heavy atom. The van der Waals surface area contributed by atoms with Crippen LogP contribution in [-0.4, -0.2) is 68.0 Å². The van der Waals surface area contributed by atoms with Crippen molar-refractivity contribution >= 4 is 29.4 Å². The van der Waals surface area contributed by atoms with Gasteiger partial charge in [-0.3, -0.25) is 9.67 Å². The first-order valence-electron chi connectivity index (χ1n) is 9.96. The molecule has 3 heterocycles. The summed E-state index contributed by atoms with van der Waals surface area (Å²) in [6, 6.07) is 4.17. The molecule has 4 amide bonds. The van der Waals surface area contributed by atoms with E-state index in [4.69, 9.17) is 21.4 Å². The van der Waals surface area contributed by atoms with Crippen molar-refractivity contribution in [2.45, 2.75) is 0 Å². The SMILES string of the molecule is Cn1cc(-c2cc(Oc3cc(F)c(NC(=O)N4CCN(CCO)C4=O)cc3Cl)ccn2)cn1. The van der Waals surface area contributed by atoms with Gasteiger partial charge >= 0.3 is 12.1 Å². The van der Waals surface area contributed by atoms with Crippen LogP contribution in [0, 0.1) is 5.82 Å². The highest BCUT2D eigenvalue weighted by Gasteiger charge is 2.33. The van der Waals surface area contributed by atoms with Crippen LogP contribution in [0.15, 0.2) is 42.9 Å². The number of β-amino-alcohol motifs (C(OH)–C–C–N with tert-alkyl or cyclic N) is 1. The highest BCUT2D eigenvalue weighted by atomic mass is 35.5. The zero-order chi connectivity index (χ0) is 23.5. The Morgan fingerprint density at radius 1 is 1.33 bits per heavy atom. The van der Waals surface area contributed by atoms with E-state index in [1.54, 1.807) is 42.5 Å². The molecule has 1 aliphatic rings. The normalized spacial score (nSPS) is 13.5. The second kappa shape index (κ2) is 9.43. The molecule has 0 spiro atoms. The number of ether oxygens (including phenoxy) is 1. The first-order valence-corrected chi connectivity index (χ1v) is 10.3. The minimum Gasteiger partial charge on any atom is -0.456 e. The summed E-state index contributed by atoms with van der Waals surface area (Å²) in [6.45, 7) is 0.318. The smallest absolute Gasteiger partial charge is 0.330 e. The van der Waals surface area contributed by atoms with Gasteiger partial charge < -0.3 is 20.1 Å². The summed E-state index contributed by atoms with van der Waals surface area (Å²) in [5, 5.41) is 15.5. The first-order chi connectivity index (χ1) is 15.9. The van der Waals surface area contributed by atoms with E-state index in [2.05, 4.69) is 15.4 Å². The maximum atomic E-state index is 14.7. The van der Waals surface area contributed by atoms with E-state index in [0.29, 0.717) is 11.4 Å². The van der Waals surface area contributed by atoms with Crippen LogP contribution >= 0.6 is 11.6 Å². The number of halogens is 2. The topological polar surface area (TPSA) is 113 Å². The number of imide groups is 1. The highest BCUT2D eigenvalue weighted by molar-refractivity contribution is 6.32. The molecule has 4 rings (SSSR count). The number of carbonyl (C=O) groups is 2. The molecule has 1 saturated heterocycles. The Labute approximate surface area is 193 Å². The van der Waals surface area contributed by atoms with Crippen LogP contribution in [0.25, 0.3) is 11.3 Å². The first kappa shape index (κ1) is 22.5. The van der Waals surface area contributed by atoms with Gasteiger partial charge in [0, 0.05) is 56.8 Å². The molecule has 0 aliphatic carbocycles. The highest BCUT2D eigenvalue weighted by Crippen LogP contribution is 2.34. The molecule has 1 aromatic carbocycles. The number of hydrogen-bond donors (Lipinski definition) is 2. The molecule has 0 radical (unpaired) electrons. The lowest BCUT2D eigenvalue weighted by atomic mass is 10.2. The minimum atomic E-state index is -0.792. The molecule has 1 fully saturated rings. The van der Waals surface area contributed by atoms with Gasteiger partial charge in [-0.1, -0.05) is 11.6 Å². The van der Waals surface area contributed by atoms with Gasteiger partial charge in [-0.25, -0.2) is 18.9 Å². The van der Waals surface area contributed by atoms with Crippen molar-refractivity contribution in [2.24, 2.45) is 7.05 Å². The maximum absolute atomic E-state index is 14.7. The van der Waals surface area contributed by atoms with Crippen LogP contribution in [0.1, 0.15) is 0 Å². The van der Waals surface area contributed by atoms with E-state index < -0.39 is 17.9 Å². The fourth-order valence-corrected chi connectivity index (χ4v) is 3.50. The van der Waals surface area contributed by atoms with Crippen LogP contribution in [0.2, 0.25) is 5.02 Å². The Bertz CT molecular complexity index is 1200. The van der Waals surface area contributed by atoms with Crippen molar-refractivity contribution in [3.05, 3.63) is 53.7 Å². The molecule has 1 aliphatic heterocycles. The van der Waals surface area contributed by atoms with Crippen molar-refractivity contribution in [3.63, 3.8) is 0 Å². The molecule has 0 atom stereocenters. The number of anilines is 1. The summed E-state index contributed by atoms with van der Waals surface area (Å²) in [6.07, 6.45) is 5.00. The standard InChI is InChI=1S/C21H20ClFN6O4/c1-27-12-13(11-25-27)17-8-14(2-3-24-17)33-19-10-16(23)18(9-15(19)22)26-20(31)29-5-4-28(6-7-30)21(29)32/h2-3,8-12,30H,4-7H2,1H3,(H,26,31). The van der Waals surface area contributed by atoms with Crippen molar-refractivity contribution in [2.75, 3.05) is 31.6 Å². The van der Waals surface area contributed by atoms with Crippen molar-refractivity contribution in [3.8, 4) is 22.8 Å². The zero-order valence-corrected chi connectivity index (χ0v) is 18.3. The van der Waals surface area contributed by atoms with Gasteiger partial charge in [0.1, 0.15) is 11.5 Å². The number of urea groups is 2. The molecule has 33 heavy (non-hydrogen) atoms. The van der Waals surface area contributed by atoms with E-state index in [0.717, 1.165) is 16.5 Å². The lowest BCUT2D eigenvalue weighted by molar-refractivity contribution is 0.179. The fraction of sp³-hybridized carbons (Fsp3) is 0.238. The van der Waals surface area contributed by atoms with Gasteiger partial charge in [0.05, 0.1) is 29.2 Å². The van der Waals surface area contributed by atoms with E-state index in [1.165, 1.54) is 11.0 Å². The predicted octanol–water partition coefficient (Wildman–Crippen LogP) is 3.33. The van der Waals surface area contributed by atoms with Gasteiger partial charge in [0.15, 0.2) is 5.82 Å². The van der Waals surface area contributed by atoms with Gasteiger partial charge in [-0.05, 0) is 12.1 Å². The number of carbonyl (C=O) groups excluding carboxylic acids is 2.